The monoisotopic (exact) mass is 474 g/mol. The van der Waals surface area contributed by atoms with Crippen molar-refractivity contribution in [2.24, 2.45) is 10.9 Å². The topological polar surface area (TPSA) is 157 Å². The van der Waals surface area contributed by atoms with Crippen LogP contribution in [0.5, 0.6) is 0 Å². The summed E-state index contributed by atoms with van der Waals surface area (Å²) in [5.74, 6) is -0.449. The number of nitrogens with two attached hydrogens (primary N) is 2. The van der Waals surface area contributed by atoms with E-state index in [0.717, 1.165) is 0 Å². The minimum atomic E-state index is -3.89. The zero-order valence-electron chi connectivity index (χ0n) is 18.2. The molecule has 1 amide bonds. The van der Waals surface area contributed by atoms with Crippen molar-refractivity contribution in [1.82, 2.24) is 9.55 Å². The number of benzene rings is 3. The van der Waals surface area contributed by atoms with Crippen LogP contribution in [-0.2, 0) is 10.0 Å². The number of nitrogens with zero attached hydrogens (tertiary/aromatic N) is 2. The van der Waals surface area contributed by atoms with Crippen LogP contribution in [0.2, 0.25) is 0 Å². The van der Waals surface area contributed by atoms with E-state index < -0.39 is 10.0 Å². The van der Waals surface area contributed by atoms with Crippen molar-refractivity contribution in [2.45, 2.75) is 11.8 Å². The van der Waals surface area contributed by atoms with Gasteiger partial charge in [0.05, 0.1) is 10.6 Å². The lowest BCUT2D eigenvalue weighted by atomic mass is 10.1. The standard InChI is InChI=1S/C24H22N6O3S/c1-15-22(30(14-28-15)19-6-4-5-17(13-19)23(25)26)24(31)29-18-11-9-16(10-12-18)20-7-2-3-8-21(20)34(27,32)33/h2-14H,1H3,(H3,25,26)(H,29,31)(H2,27,32,33). The molecule has 9 nitrogen and oxygen atoms in total. The first-order valence-electron chi connectivity index (χ1n) is 10.2. The van der Waals surface area contributed by atoms with Gasteiger partial charge in [0, 0.05) is 22.5 Å². The second-order valence-corrected chi connectivity index (χ2v) is 9.12. The first kappa shape index (κ1) is 22.9. The van der Waals surface area contributed by atoms with E-state index in [2.05, 4.69) is 10.3 Å². The van der Waals surface area contributed by atoms with Gasteiger partial charge in [0.2, 0.25) is 10.0 Å². The Balaban J connectivity index is 1.62. The molecule has 0 spiro atoms. The molecular weight excluding hydrogens is 452 g/mol. The van der Waals surface area contributed by atoms with Gasteiger partial charge in [-0.05, 0) is 42.8 Å². The Labute approximate surface area is 196 Å². The van der Waals surface area contributed by atoms with Gasteiger partial charge in [-0.3, -0.25) is 14.8 Å². The Morgan fingerprint density at radius 3 is 2.41 bits per heavy atom. The third kappa shape index (κ3) is 4.58. The smallest absolute Gasteiger partial charge is 0.274 e. The van der Waals surface area contributed by atoms with Gasteiger partial charge in [-0.2, -0.15) is 0 Å². The number of hydrogen-bond donors (Lipinski definition) is 4. The molecule has 4 rings (SSSR count). The summed E-state index contributed by atoms with van der Waals surface area (Å²) in [5, 5.41) is 15.8. The highest BCUT2D eigenvalue weighted by Crippen LogP contribution is 2.28. The quantitative estimate of drug-likeness (QED) is 0.249. The summed E-state index contributed by atoms with van der Waals surface area (Å²) in [6.07, 6.45) is 1.54. The van der Waals surface area contributed by atoms with Crippen LogP contribution < -0.4 is 16.2 Å². The molecule has 0 aliphatic rings. The number of imidazole rings is 1. The number of sulfonamides is 1. The predicted octanol–water partition coefficient (Wildman–Crippen LogP) is 3.03. The van der Waals surface area contributed by atoms with E-state index in [0.29, 0.717) is 39.5 Å². The maximum absolute atomic E-state index is 13.1. The number of hydrogen-bond acceptors (Lipinski definition) is 5. The van der Waals surface area contributed by atoms with Crippen LogP contribution in [0.3, 0.4) is 0 Å². The molecule has 1 aromatic heterocycles. The minimum Gasteiger partial charge on any atom is -0.384 e. The lowest BCUT2D eigenvalue weighted by Crippen LogP contribution is -2.18. The SMILES string of the molecule is Cc1ncn(-c2cccc(C(=N)N)c2)c1C(=O)Nc1ccc(-c2ccccc2S(N)(=O)=O)cc1. The van der Waals surface area contributed by atoms with E-state index in [4.69, 9.17) is 16.3 Å². The first-order chi connectivity index (χ1) is 16.1. The predicted molar refractivity (Wildman–Crippen MR) is 131 cm³/mol. The van der Waals surface area contributed by atoms with E-state index in [1.807, 2.05) is 0 Å². The summed E-state index contributed by atoms with van der Waals surface area (Å²) in [7, 11) is -3.89. The molecule has 6 N–H and O–H groups in total. The van der Waals surface area contributed by atoms with Crippen LogP contribution >= 0.6 is 0 Å². The molecule has 0 fully saturated rings. The highest BCUT2D eigenvalue weighted by Gasteiger charge is 2.19. The number of amides is 1. The average molecular weight is 475 g/mol. The highest BCUT2D eigenvalue weighted by molar-refractivity contribution is 7.89. The lowest BCUT2D eigenvalue weighted by Gasteiger charge is -2.12. The van der Waals surface area contributed by atoms with Crippen LogP contribution in [-0.4, -0.2) is 29.7 Å². The molecule has 3 aromatic carbocycles. The van der Waals surface area contributed by atoms with Gasteiger partial charge in [-0.1, -0.05) is 42.5 Å². The second-order valence-electron chi connectivity index (χ2n) is 7.59. The minimum absolute atomic E-state index is 0.0269. The molecule has 0 radical (unpaired) electrons. The third-order valence-corrected chi connectivity index (χ3v) is 6.22. The first-order valence-corrected chi connectivity index (χ1v) is 11.7. The molecule has 10 heteroatoms. The van der Waals surface area contributed by atoms with Crippen molar-refractivity contribution < 1.29 is 13.2 Å². The molecule has 0 saturated carbocycles. The van der Waals surface area contributed by atoms with E-state index in [1.165, 1.54) is 12.4 Å². The number of nitrogen functional groups attached to an aromatic ring is 1. The van der Waals surface area contributed by atoms with Gasteiger partial charge < -0.3 is 11.1 Å². The number of carbonyl (C=O) groups is 1. The molecule has 0 saturated heterocycles. The van der Waals surface area contributed by atoms with Crippen LogP contribution in [0.1, 0.15) is 21.7 Å². The summed E-state index contributed by atoms with van der Waals surface area (Å²) >= 11 is 0. The summed E-state index contributed by atoms with van der Waals surface area (Å²) in [6.45, 7) is 1.73. The summed E-state index contributed by atoms with van der Waals surface area (Å²) < 4.78 is 25.4. The molecule has 0 bridgehead atoms. The van der Waals surface area contributed by atoms with Crippen LogP contribution in [0, 0.1) is 12.3 Å². The van der Waals surface area contributed by atoms with Gasteiger partial charge in [0.15, 0.2) is 0 Å². The molecule has 0 unspecified atom stereocenters. The van der Waals surface area contributed by atoms with E-state index in [-0.39, 0.29) is 16.6 Å². The maximum atomic E-state index is 13.1. The molecule has 1 heterocycles. The van der Waals surface area contributed by atoms with Gasteiger partial charge in [0.25, 0.3) is 5.91 Å². The molecule has 0 aliphatic heterocycles. The Bertz CT molecular complexity index is 1510. The number of aryl methyl sites for hydroxylation is 1. The molecule has 0 atom stereocenters. The third-order valence-electron chi connectivity index (χ3n) is 5.25. The number of carbonyl (C=O) groups excluding carboxylic acids is 1. The number of aromatic nitrogens is 2. The fraction of sp³-hybridized carbons (Fsp3) is 0.0417. The fourth-order valence-corrected chi connectivity index (χ4v) is 4.37. The Morgan fingerprint density at radius 1 is 1.03 bits per heavy atom. The van der Waals surface area contributed by atoms with E-state index in [9.17, 15) is 13.2 Å². The second kappa shape index (κ2) is 8.93. The average Bonchev–Trinajstić information content (AvgIpc) is 3.20. The number of primary sulfonamides is 1. The zero-order valence-corrected chi connectivity index (χ0v) is 19.0. The highest BCUT2D eigenvalue weighted by atomic mass is 32.2. The van der Waals surface area contributed by atoms with Crippen LogP contribution in [0.4, 0.5) is 5.69 Å². The molecule has 4 aromatic rings. The Morgan fingerprint density at radius 2 is 1.74 bits per heavy atom. The normalized spacial score (nSPS) is 11.2. The molecule has 0 aliphatic carbocycles. The van der Waals surface area contributed by atoms with Gasteiger partial charge in [-0.15, -0.1) is 0 Å². The van der Waals surface area contributed by atoms with Crippen molar-refractivity contribution in [3.63, 3.8) is 0 Å². The fourth-order valence-electron chi connectivity index (χ4n) is 3.61. The van der Waals surface area contributed by atoms with E-state index in [1.54, 1.807) is 78.2 Å². The number of anilines is 1. The van der Waals surface area contributed by atoms with Crippen molar-refractivity contribution >= 4 is 27.5 Å². The number of rotatable bonds is 6. The van der Waals surface area contributed by atoms with Crippen LogP contribution in [0.25, 0.3) is 16.8 Å². The Hall–Kier alpha value is -4.28. The van der Waals surface area contributed by atoms with E-state index >= 15 is 0 Å². The molecule has 34 heavy (non-hydrogen) atoms. The summed E-state index contributed by atoms with van der Waals surface area (Å²) in [5.41, 5.74) is 9.28. The molecule has 172 valence electrons. The summed E-state index contributed by atoms with van der Waals surface area (Å²) in [4.78, 5) is 17.4. The van der Waals surface area contributed by atoms with Gasteiger partial charge in [0.1, 0.15) is 17.9 Å². The van der Waals surface area contributed by atoms with Crippen molar-refractivity contribution in [3.05, 3.63) is 96.1 Å². The van der Waals surface area contributed by atoms with Crippen molar-refractivity contribution in [3.8, 4) is 16.8 Å². The van der Waals surface area contributed by atoms with Crippen LogP contribution in [0.15, 0.2) is 84.0 Å². The maximum Gasteiger partial charge on any atom is 0.274 e. The van der Waals surface area contributed by atoms with Crippen molar-refractivity contribution in [1.29, 1.82) is 5.41 Å². The van der Waals surface area contributed by atoms with Gasteiger partial charge >= 0.3 is 0 Å². The van der Waals surface area contributed by atoms with Crippen molar-refractivity contribution in [2.75, 3.05) is 5.32 Å². The lowest BCUT2D eigenvalue weighted by molar-refractivity contribution is 0.102. The largest absolute Gasteiger partial charge is 0.384 e. The number of nitrogens with one attached hydrogen (secondary N) is 2. The van der Waals surface area contributed by atoms with Gasteiger partial charge in [-0.25, -0.2) is 18.5 Å². The Kier molecular flexibility index (Phi) is 6.01. The number of amidine groups is 1. The molecular formula is C24H22N6O3S. The zero-order chi connectivity index (χ0) is 24.5. The summed E-state index contributed by atoms with van der Waals surface area (Å²) in [6, 6.07) is 20.2.